The molecule has 4 nitrogen and oxygen atoms in total. The normalized spacial score (nSPS) is 15.9. The van der Waals surface area contributed by atoms with Gasteiger partial charge in [-0.2, -0.15) is 0 Å². The van der Waals surface area contributed by atoms with Gasteiger partial charge in [-0.3, -0.25) is 4.98 Å². The molecule has 0 aliphatic carbocycles. The van der Waals surface area contributed by atoms with Gasteiger partial charge in [-0.05, 0) is 61.9 Å². The molecule has 1 fully saturated rings. The van der Waals surface area contributed by atoms with Gasteiger partial charge in [0, 0.05) is 24.7 Å². The zero-order valence-corrected chi connectivity index (χ0v) is 17.5. The van der Waals surface area contributed by atoms with Crippen LogP contribution in [0.3, 0.4) is 0 Å². The number of sulfone groups is 1. The van der Waals surface area contributed by atoms with Gasteiger partial charge in [0.2, 0.25) is 9.84 Å². The third-order valence-corrected chi connectivity index (χ3v) is 7.64. The molecule has 1 aliphatic heterocycles. The maximum absolute atomic E-state index is 13.6. The average Bonchev–Trinajstić information content (AvgIpc) is 2.69. The number of anilines is 1. The van der Waals surface area contributed by atoms with Crippen molar-refractivity contribution in [2.45, 2.75) is 43.4 Å². The number of para-hydroxylation sites is 1. The molecular weight excluding hydrogens is 368 g/mol. The Balaban J connectivity index is 1.93. The van der Waals surface area contributed by atoms with Crippen LogP contribution in [0.25, 0.3) is 10.9 Å². The Hall–Kier alpha value is -2.40. The highest BCUT2D eigenvalue weighted by Gasteiger charge is 2.28. The highest BCUT2D eigenvalue weighted by atomic mass is 32.2. The van der Waals surface area contributed by atoms with Crippen LogP contribution in [0.4, 0.5) is 5.69 Å². The Labute approximate surface area is 167 Å². The molecule has 1 aromatic heterocycles. The fourth-order valence-corrected chi connectivity index (χ4v) is 5.39. The number of pyridine rings is 1. The lowest BCUT2D eigenvalue weighted by atomic mass is 9.98. The standard InChI is InChI=1S/C23H26N2O2S/c1-16-10-12-25(13-11-16)23-20-6-4-5-7-21(20)24-15-22(23)28(26,27)19-9-8-17(2)18(3)14-19/h4-9,14-16H,10-13H2,1-3H3. The first kappa shape index (κ1) is 18.9. The molecule has 1 aliphatic rings. The average molecular weight is 395 g/mol. The van der Waals surface area contributed by atoms with E-state index in [2.05, 4.69) is 16.8 Å². The van der Waals surface area contributed by atoms with Crippen molar-refractivity contribution in [3.8, 4) is 0 Å². The summed E-state index contributed by atoms with van der Waals surface area (Å²) < 4.78 is 27.2. The van der Waals surface area contributed by atoms with Crippen LogP contribution < -0.4 is 4.90 Å². The summed E-state index contributed by atoms with van der Waals surface area (Å²) in [6.45, 7) is 7.92. The summed E-state index contributed by atoms with van der Waals surface area (Å²) in [6.07, 6.45) is 3.68. The molecule has 0 unspecified atom stereocenters. The molecule has 2 heterocycles. The first-order valence-electron chi connectivity index (χ1n) is 9.83. The Morgan fingerprint density at radius 3 is 2.43 bits per heavy atom. The molecule has 0 N–H and O–H groups in total. The van der Waals surface area contributed by atoms with Gasteiger partial charge in [-0.15, -0.1) is 0 Å². The topological polar surface area (TPSA) is 50.3 Å². The van der Waals surface area contributed by atoms with Crippen molar-refractivity contribution in [3.05, 3.63) is 59.8 Å². The first-order valence-corrected chi connectivity index (χ1v) is 11.3. The van der Waals surface area contributed by atoms with E-state index in [1.165, 1.54) is 0 Å². The fraction of sp³-hybridized carbons (Fsp3) is 0.348. The maximum atomic E-state index is 13.6. The summed E-state index contributed by atoms with van der Waals surface area (Å²) in [5, 5.41) is 0.905. The molecule has 4 rings (SSSR count). The van der Waals surface area contributed by atoms with Gasteiger partial charge in [0.1, 0.15) is 4.90 Å². The largest absolute Gasteiger partial charge is 0.370 e. The minimum absolute atomic E-state index is 0.309. The molecule has 0 amide bonds. The molecule has 0 bridgehead atoms. The van der Waals surface area contributed by atoms with Crippen LogP contribution in [0.2, 0.25) is 0 Å². The number of piperidine rings is 1. The number of hydrogen-bond donors (Lipinski definition) is 0. The van der Waals surface area contributed by atoms with E-state index in [4.69, 9.17) is 0 Å². The Morgan fingerprint density at radius 2 is 1.71 bits per heavy atom. The fourth-order valence-electron chi connectivity index (χ4n) is 3.87. The van der Waals surface area contributed by atoms with Gasteiger partial charge in [0.25, 0.3) is 0 Å². The van der Waals surface area contributed by atoms with E-state index < -0.39 is 9.84 Å². The molecular formula is C23H26N2O2S. The highest BCUT2D eigenvalue weighted by Crippen LogP contribution is 2.37. The molecule has 1 saturated heterocycles. The summed E-state index contributed by atoms with van der Waals surface area (Å²) in [4.78, 5) is 7.35. The van der Waals surface area contributed by atoms with Crippen LogP contribution in [0.15, 0.2) is 58.5 Å². The zero-order valence-electron chi connectivity index (χ0n) is 16.6. The van der Waals surface area contributed by atoms with Crippen molar-refractivity contribution in [2.24, 2.45) is 5.92 Å². The molecule has 3 aromatic rings. The van der Waals surface area contributed by atoms with Crippen molar-refractivity contribution < 1.29 is 8.42 Å². The van der Waals surface area contributed by atoms with Gasteiger partial charge in [0.15, 0.2) is 0 Å². The van der Waals surface area contributed by atoms with Crippen LogP contribution in [0, 0.1) is 19.8 Å². The number of aromatic nitrogens is 1. The number of nitrogens with zero attached hydrogens (tertiary/aromatic N) is 2. The molecule has 146 valence electrons. The second-order valence-electron chi connectivity index (χ2n) is 7.91. The van der Waals surface area contributed by atoms with Gasteiger partial charge in [0.05, 0.1) is 16.1 Å². The second-order valence-corrected chi connectivity index (χ2v) is 9.83. The number of aryl methyl sites for hydroxylation is 2. The van der Waals surface area contributed by atoms with Crippen LogP contribution in [-0.4, -0.2) is 26.5 Å². The number of fused-ring (bicyclic) bond motifs is 1. The summed E-state index contributed by atoms with van der Waals surface area (Å²) in [7, 11) is -3.67. The minimum atomic E-state index is -3.67. The number of rotatable bonds is 3. The lowest BCUT2D eigenvalue weighted by Crippen LogP contribution is -2.34. The highest BCUT2D eigenvalue weighted by molar-refractivity contribution is 7.91. The van der Waals surface area contributed by atoms with Crippen LogP contribution in [-0.2, 0) is 9.84 Å². The van der Waals surface area contributed by atoms with Gasteiger partial charge in [-0.25, -0.2) is 8.42 Å². The van der Waals surface area contributed by atoms with E-state index in [0.717, 1.165) is 53.6 Å². The smallest absolute Gasteiger partial charge is 0.210 e. The molecule has 0 atom stereocenters. The number of benzene rings is 2. The van der Waals surface area contributed by atoms with Gasteiger partial charge < -0.3 is 4.90 Å². The number of hydrogen-bond acceptors (Lipinski definition) is 4. The summed E-state index contributed by atoms with van der Waals surface area (Å²) in [5.74, 6) is 0.671. The van der Waals surface area contributed by atoms with Crippen LogP contribution in [0.1, 0.15) is 30.9 Å². The summed E-state index contributed by atoms with van der Waals surface area (Å²) in [5.41, 5.74) is 3.69. The minimum Gasteiger partial charge on any atom is -0.370 e. The molecule has 0 spiro atoms. The van der Waals surface area contributed by atoms with Crippen LogP contribution >= 0.6 is 0 Å². The lowest BCUT2D eigenvalue weighted by Gasteiger charge is -2.34. The van der Waals surface area contributed by atoms with E-state index in [1.54, 1.807) is 18.3 Å². The predicted molar refractivity (Wildman–Crippen MR) is 114 cm³/mol. The van der Waals surface area contributed by atoms with Gasteiger partial charge >= 0.3 is 0 Å². The second kappa shape index (κ2) is 7.21. The summed E-state index contributed by atoms with van der Waals surface area (Å²) in [6, 6.07) is 13.2. The van der Waals surface area contributed by atoms with Crippen molar-refractivity contribution in [3.63, 3.8) is 0 Å². The third-order valence-electron chi connectivity index (χ3n) is 5.89. The van der Waals surface area contributed by atoms with E-state index >= 15 is 0 Å². The molecule has 0 radical (unpaired) electrons. The SMILES string of the molecule is Cc1ccc(S(=O)(=O)c2cnc3ccccc3c2N2CCC(C)CC2)cc1C. The predicted octanol–water partition coefficient (Wildman–Crippen LogP) is 4.92. The quantitative estimate of drug-likeness (QED) is 0.633. The molecule has 28 heavy (non-hydrogen) atoms. The van der Waals surface area contributed by atoms with Crippen LogP contribution in [0.5, 0.6) is 0 Å². The molecule has 0 saturated carbocycles. The van der Waals surface area contributed by atoms with Crippen molar-refractivity contribution in [1.82, 2.24) is 4.98 Å². The zero-order chi connectivity index (χ0) is 19.9. The van der Waals surface area contributed by atoms with E-state index in [9.17, 15) is 8.42 Å². The van der Waals surface area contributed by atoms with E-state index in [-0.39, 0.29) is 0 Å². The third kappa shape index (κ3) is 3.28. The van der Waals surface area contributed by atoms with Crippen molar-refractivity contribution in [1.29, 1.82) is 0 Å². The Kier molecular flexibility index (Phi) is 4.88. The van der Waals surface area contributed by atoms with Gasteiger partial charge in [-0.1, -0.05) is 31.2 Å². The Bertz CT molecular complexity index is 1130. The van der Waals surface area contributed by atoms with E-state index in [0.29, 0.717) is 15.7 Å². The molecule has 5 heteroatoms. The van der Waals surface area contributed by atoms with E-state index in [1.807, 2.05) is 44.2 Å². The monoisotopic (exact) mass is 394 g/mol. The van der Waals surface area contributed by atoms with Crippen molar-refractivity contribution in [2.75, 3.05) is 18.0 Å². The summed E-state index contributed by atoms with van der Waals surface area (Å²) >= 11 is 0. The Morgan fingerprint density at radius 1 is 1.00 bits per heavy atom. The van der Waals surface area contributed by atoms with Crippen molar-refractivity contribution >= 4 is 26.4 Å². The first-order chi connectivity index (χ1) is 13.4. The lowest BCUT2D eigenvalue weighted by molar-refractivity contribution is 0.437. The maximum Gasteiger partial charge on any atom is 0.210 e. The molecule has 2 aromatic carbocycles.